The Balaban J connectivity index is 2.18. The summed E-state index contributed by atoms with van der Waals surface area (Å²) >= 11 is 0.752. The van der Waals surface area contributed by atoms with E-state index in [2.05, 4.69) is 15.0 Å². The topological polar surface area (TPSA) is 127 Å². The quantitative estimate of drug-likeness (QED) is 0.505. The van der Waals surface area contributed by atoms with Crippen LogP contribution in [-0.4, -0.2) is 34.6 Å². The third kappa shape index (κ3) is 5.11. The first-order valence-corrected chi connectivity index (χ1v) is 8.68. The molecule has 1 atom stereocenters. The number of carbonyl (C=O) groups is 2. The first kappa shape index (κ1) is 20.5. The van der Waals surface area contributed by atoms with Gasteiger partial charge in [-0.15, -0.1) is 0 Å². The monoisotopic (exact) mass is 400 g/mol. The molecule has 0 bridgehead atoms. The summed E-state index contributed by atoms with van der Waals surface area (Å²) in [5.74, 6) is -3.20. The highest BCUT2D eigenvalue weighted by molar-refractivity contribution is 7.11. The minimum atomic E-state index is -1.07. The van der Waals surface area contributed by atoms with Crippen molar-refractivity contribution in [3.05, 3.63) is 41.0 Å². The number of ether oxygens (including phenoxy) is 1. The number of aromatic nitrogens is 1. The summed E-state index contributed by atoms with van der Waals surface area (Å²) in [6.07, 6.45) is -0.601. The Hall–Kier alpha value is -2.79. The number of carbonyl (C=O) groups excluding carboxylic acids is 2. The van der Waals surface area contributed by atoms with Crippen LogP contribution in [-0.2, 0) is 0 Å². The number of nitrogens with two attached hydrogens (primary N) is 1. The van der Waals surface area contributed by atoms with Gasteiger partial charge in [-0.05, 0) is 30.9 Å². The molecule has 0 saturated heterocycles. The van der Waals surface area contributed by atoms with Crippen molar-refractivity contribution >= 4 is 28.5 Å². The number of anilines is 1. The molecule has 2 rings (SSSR count). The molecule has 1 aromatic carbocycles. The van der Waals surface area contributed by atoms with Crippen LogP contribution in [0.2, 0.25) is 0 Å². The molecule has 146 valence electrons. The van der Waals surface area contributed by atoms with Crippen molar-refractivity contribution in [2.75, 3.05) is 18.5 Å². The highest BCUT2D eigenvalue weighted by atomic mass is 32.1. The molecule has 2 aromatic rings. The van der Waals surface area contributed by atoms with E-state index in [0.29, 0.717) is 6.42 Å². The predicted molar refractivity (Wildman–Crippen MR) is 94.8 cm³/mol. The number of rotatable bonds is 8. The van der Waals surface area contributed by atoms with Gasteiger partial charge in [0.1, 0.15) is 16.7 Å². The van der Waals surface area contributed by atoms with Crippen LogP contribution in [0, 0.1) is 11.6 Å². The Morgan fingerprint density at radius 1 is 1.41 bits per heavy atom. The number of aliphatic hydroxyl groups is 1. The lowest BCUT2D eigenvalue weighted by molar-refractivity contribution is 0.0994. The van der Waals surface area contributed by atoms with E-state index in [1.54, 1.807) is 0 Å². The maximum absolute atomic E-state index is 13.9. The second-order valence-electron chi connectivity index (χ2n) is 5.42. The van der Waals surface area contributed by atoms with Gasteiger partial charge < -0.3 is 20.9 Å². The summed E-state index contributed by atoms with van der Waals surface area (Å²) in [6, 6.07) is 3.02. The van der Waals surface area contributed by atoms with E-state index in [1.807, 2.05) is 0 Å². The molecule has 0 aliphatic rings. The second kappa shape index (κ2) is 9.24. The Kier molecular flexibility index (Phi) is 7.02. The van der Waals surface area contributed by atoms with Gasteiger partial charge in [0.25, 0.3) is 5.91 Å². The van der Waals surface area contributed by atoms with Crippen LogP contribution in [0.25, 0.3) is 0 Å². The van der Waals surface area contributed by atoms with Crippen LogP contribution >= 0.6 is 11.5 Å². The molecular weight excluding hydrogens is 382 g/mol. The number of amides is 3. The third-order valence-corrected chi connectivity index (χ3v) is 4.21. The Bertz CT molecular complexity index is 831. The molecule has 0 radical (unpaired) electrons. The molecular formula is C16H18F2N4O4S. The maximum Gasteiger partial charge on any atom is 0.319 e. The SMILES string of the molecule is CC(Oc1nsc(NC(=O)NCCCO)c1C(N)=O)c1cccc(F)c1F. The first-order chi connectivity index (χ1) is 12.8. The fraction of sp³-hybridized carbons (Fsp3) is 0.312. The normalized spacial score (nSPS) is 11.7. The van der Waals surface area contributed by atoms with Gasteiger partial charge in [-0.1, -0.05) is 12.1 Å². The number of urea groups is 1. The second-order valence-corrected chi connectivity index (χ2v) is 6.19. The Morgan fingerprint density at radius 3 is 2.81 bits per heavy atom. The summed E-state index contributed by atoms with van der Waals surface area (Å²) in [6.45, 7) is 1.60. The number of hydrogen-bond donors (Lipinski definition) is 4. The number of hydrogen-bond acceptors (Lipinski definition) is 6. The summed E-state index contributed by atoms with van der Waals surface area (Å²) in [7, 11) is 0. The molecule has 0 fully saturated rings. The number of nitrogens with one attached hydrogen (secondary N) is 2. The van der Waals surface area contributed by atoms with Gasteiger partial charge in [0.2, 0.25) is 5.88 Å². The van der Waals surface area contributed by atoms with Crippen molar-refractivity contribution < 1.29 is 28.2 Å². The van der Waals surface area contributed by atoms with Crippen molar-refractivity contribution in [1.29, 1.82) is 0 Å². The van der Waals surface area contributed by atoms with Crippen LogP contribution in [0.1, 0.15) is 35.4 Å². The number of primary amides is 1. The molecule has 3 amide bonds. The number of aliphatic hydroxyl groups excluding tert-OH is 1. The highest BCUT2D eigenvalue weighted by Crippen LogP contribution is 2.33. The predicted octanol–water partition coefficient (Wildman–Crippen LogP) is 2.16. The zero-order valence-corrected chi connectivity index (χ0v) is 15.1. The maximum atomic E-state index is 13.9. The molecule has 5 N–H and O–H groups in total. The van der Waals surface area contributed by atoms with Gasteiger partial charge in [-0.3, -0.25) is 10.1 Å². The standard InChI is InChI=1S/C16H18F2N4O4S/c1-8(9-4-2-5-10(17)12(9)18)26-14-11(13(19)24)15(27-22-14)21-16(25)20-6-3-7-23/h2,4-5,8,23H,3,6-7H2,1H3,(H2,19,24)(H2,20,21,25). The number of halogens is 2. The Labute approximate surface area is 157 Å². The van der Waals surface area contributed by atoms with Gasteiger partial charge in [0.15, 0.2) is 11.6 Å². The van der Waals surface area contributed by atoms with Crippen LogP contribution in [0.15, 0.2) is 18.2 Å². The minimum absolute atomic E-state index is 0.0471. The zero-order valence-electron chi connectivity index (χ0n) is 14.3. The van der Waals surface area contributed by atoms with Gasteiger partial charge in [0, 0.05) is 18.7 Å². The summed E-state index contributed by atoms with van der Waals surface area (Å²) in [5.41, 5.74) is 5.09. The highest BCUT2D eigenvalue weighted by Gasteiger charge is 2.25. The minimum Gasteiger partial charge on any atom is -0.468 e. The van der Waals surface area contributed by atoms with Gasteiger partial charge in [-0.25, -0.2) is 13.6 Å². The lowest BCUT2D eigenvalue weighted by Gasteiger charge is -2.15. The molecule has 1 aromatic heterocycles. The molecule has 0 aliphatic carbocycles. The van der Waals surface area contributed by atoms with E-state index in [9.17, 15) is 18.4 Å². The van der Waals surface area contributed by atoms with Crippen LogP contribution < -0.4 is 21.1 Å². The molecule has 0 spiro atoms. The van der Waals surface area contributed by atoms with Crippen LogP contribution in [0.5, 0.6) is 5.88 Å². The van der Waals surface area contributed by atoms with Crippen molar-refractivity contribution in [2.24, 2.45) is 5.73 Å². The summed E-state index contributed by atoms with van der Waals surface area (Å²) in [4.78, 5) is 23.5. The molecule has 1 heterocycles. The average Bonchev–Trinajstić information content (AvgIpc) is 2.99. The zero-order chi connectivity index (χ0) is 20.0. The summed E-state index contributed by atoms with van der Waals surface area (Å²) < 4.78 is 36.7. The van der Waals surface area contributed by atoms with Crippen LogP contribution in [0.4, 0.5) is 18.6 Å². The van der Waals surface area contributed by atoms with E-state index in [-0.39, 0.29) is 35.2 Å². The Morgan fingerprint density at radius 2 is 2.15 bits per heavy atom. The average molecular weight is 400 g/mol. The van der Waals surface area contributed by atoms with Crippen molar-refractivity contribution in [2.45, 2.75) is 19.4 Å². The van der Waals surface area contributed by atoms with E-state index in [1.165, 1.54) is 19.1 Å². The van der Waals surface area contributed by atoms with Crippen molar-refractivity contribution in [1.82, 2.24) is 9.69 Å². The molecule has 8 nitrogen and oxygen atoms in total. The first-order valence-electron chi connectivity index (χ1n) is 7.90. The van der Waals surface area contributed by atoms with E-state index < -0.39 is 29.7 Å². The lowest BCUT2D eigenvalue weighted by atomic mass is 10.1. The molecule has 0 aliphatic heterocycles. The van der Waals surface area contributed by atoms with Crippen molar-refractivity contribution in [3.8, 4) is 5.88 Å². The fourth-order valence-electron chi connectivity index (χ4n) is 2.15. The van der Waals surface area contributed by atoms with Gasteiger partial charge in [0.05, 0.1) is 0 Å². The number of benzene rings is 1. The largest absolute Gasteiger partial charge is 0.468 e. The van der Waals surface area contributed by atoms with Gasteiger partial charge in [-0.2, -0.15) is 4.37 Å². The van der Waals surface area contributed by atoms with E-state index in [0.717, 1.165) is 17.6 Å². The van der Waals surface area contributed by atoms with Crippen LogP contribution in [0.3, 0.4) is 0 Å². The third-order valence-electron chi connectivity index (χ3n) is 3.46. The molecule has 0 saturated carbocycles. The smallest absolute Gasteiger partial charge is 0.319 e. The molecule has 27 heavy (non-hydrogen) atoms. The van der Waals surface area contributed by atoms with E-state index in [4.69, 9.17) is 15.6 Å². The lowest BCUT2D eigenvalue weighted by Crippen LogP contribution is -2.30. The van der Waals surface area contributed by atoms with Gasteiger partial charge >= 0.3 is 6.03 Å². The fourth-order valence-corrected chi connectivity index (χ4v) is 2.88. The molecule has 11 heteroatoms. The van der Waals surface area contributed by atoms with Crippen molar-refractivity contribution in [3.63, 3.8) is 0 Å². The number of nitrogens with zero attached hydrogens (tertiary/aromatic N) is 1. The van der Waals surface area contributed by atoms with E-state index >= 15 is 0 Å². The molecule has 1 unspecified atom stereocenters. The summed E-state index contributed by atoms with van der Waals surface area (Å²) in [5, 5.41) is 13.6.